The van der Waals surface area contributed by atoms with E-state index in [-0.39, 0.29) is 25.0 Å². The highest BCUT2D eigenvalue weighted by Gasteiger charge is 2.29. The third-order valence-electron chi connectivity index (χ3n) is 4.24. The zero-order chi connectivity index (χ0) is 18.7. The molecule has 2 aliphatic rings. The number of ether oxygens (including phenoxy) is 2. The van der Waals surface area contributed by atoms with Gasteiger partial charge < -0.3 is 19.7 Å². The summed E-state index contributed by atoms with van der Waals surface area (Å²) in [6.45, 7) is 3.38. The van der Waals surface area contributed by atoms with E-state index < -0.39 is 11.9 Å². The lowest BCUT2D eigenvalue weighted by molar-refractivity contribution is -0.139. The van der Waals surface area contributed by atoms with Gasteiger partial charge in [-0.15, -0.1) is 0 Å². The van der Waals surface area contributed by atoms with Crippen LogP contribution in [0.15, 0.2) is 22.7 Å². The third kappa shape index (κ3) is 4.16. The van der Waals surface area contributed by atoms with Crippen molar-refractivity contribution in [1.82, 2.24) is 10.2 Å². The fourth-order valence-electron chi connectivity index (χ4n) is 2.90. The number of amides is 3. The molecule has 3 amide bonds. The van der Waals surface area contributed by atoms with Gasteiger partial charge in [-0.3, -0.25) is 19.3 Å². The molecule has 9 heteroatoms. The summed E-state index contributed by atoms with van der Waals surface area (Å²) in [7, 11) is 0. The molecule has 1 aromatic rings. The Bertz CT molecular complexity index is 720. The lowest BCUT2D eigenvalue weighted by Crippen LogP contribution is -2.53. The normalized spacial score (nSPS) is 18.0. The lowest BCUT2D eigenvalue weighted by atomic mass is 10.2. The molecular weight excluding hydrogens is 406 g/mol. The number of anilines is 1. The molecule has 1 saturated heterocycles. The Morgan fingerprint density at radius 3 is 2.77 bits per heavy atom. The third-order valence-corrected chi connectivity index (χ3v) is 4.73. The van der Waals surface area contributed by atoms with E-state index in [1.807, 2.05) is 0 Å². The van der Waals surface area contributed by atoms with Crippen LogP contribution in [0.1, 0.15) is 6.92 Å². The first-order chi connectivity index (χ1) is 12.5. The number of fused-ring (bicyclic) bond motifs is 1. The predicted octanol–water partition coefficient (Wildman–Crippen LogP) is 0.538. The molecule has 1 unspecified atom stereocenters. The van der Waals surface area contributed by atoms with Gasteiger partial charge in [0.2, 0.25) is 11.8 Å². The zero-order valence-corrected chi connectivity index (χ0v) is 16.0. The van der Waals surface area contributed by atoms with Crippen LogP contribution < -0.4 is 15.0 Å². The average molecular weight is 426 g/mol. The molecule has 0 spiro atoms. The molecule has 8 nitrogen and oxygen atoms in total. The average Bonchev–Trinajstić information content (AvgIpc) is 2.64. The Kier molecular flexibility index (Phi) is 5.77. The minimum Gasteiger partial charge on any atom is -0.482 e. The maximum absolute atomic E-state index is 12.4. The SMILES string of the molecule is CC(NC(=O)CN1C(=O)COc2cc(Br)ccc21)C(=O)N1CCOCC1. The van der Waals surface area contributed by atoms with Crippen molar-refractivity contribution in [1.29, 1.82) is 0 Å². The van der Waals surface area contributed by atoms with E-state index in [1.54, 1.807) is 30.0 Å². The first kappa shape index (κ1) is 18.7. The number of nitrogens with zero attached hydrogens (tertiary/aromatic N) is 2. The molecule has 0 bridgehead atoms. The highest BCUT2D eigenvalue weighted by atomic mass is 79.9. The van der Waals surface area contributed by atoms with Crippen LogP contribution >= 0.6 is 15.9 Å². The second kappa shape index (κ2) is 8.05. The van der Waals surface area contributed by atoms with Crippen LogP contribution in [0.3, 0.4) is 0 Å². The van der Waals surface area contributed by atoms with Gasteiger partial charge >= 0.3 is 0 Å². The monoisotopic (exact) mass is 425 g/mol. The molecule has 2 heterocycles. The summed E-state index contributed by atoms with van der Waals surface area (Å²) in [6, 6.07) is 4.57. The molecule has 1 aromatic carbocycles. The summed E-state index contributed by atoms with van der Waals surface area (Å²) >= 11 is 3.35. The van der Waals surface area contributed by atoms with Crippen LogP contribution in [0.25, 0.3) is 0 Å². The Morgan fingerprint density at radius 2 is 2.04 bits per heavy atom. The van der Waals surface area contributed by atoms with Crippen molar-refractivity contribution in [2.24, 2.45) is 0 Å². The quantitative estimate of drug-likeness (QED) is 0.760. The number of nitrogens with one attached hydrogen (secondary N) is 1. The Labute approximate surface area is 159 Å². The minimum absolute atomic E-state index is 0.126. The van der Waals surface area contributed by atoms with Gasteiger partial charge in [0.25, 0.3) is 5.91 Å². The number of carbonyl (C=O) groups excluding carboxylic acids is 3. The second-order valence-electron chi connectivity index (χ2n) is 6.11. The molecule has 0 aromatic heterocycles. The molecule has 0 radical (unpaired) electrons. The van der Waals surface area contributed by atoms with E-state index in [1.165, 1.54) is 4.90 Å². The first-order valence-electron chi connectivity index (χ1n) is 8.34. The highest BCUT2D eigenvalue weighted by Crippen LogP contribution is 2.34. The molecule has 3 rings (SSSR count). The maximum atomic E-state index is 12.4. The molecule has 26 heavy (non-hydrogen) atoms. The lowest BCUT2D eigenvalue weighted by Gasteiger charge is -2.31. The summed E-state index contributed by atoms with van der Waals surface area (Å²) < 4.78 is 11.4. The van der Waals surface area contributed by atoms with Crippen molar-refractivity contribution >= 4 is 39.3 Å². The van der Waals surface area contributed by atoms with Crippen molar-refractivity contribution in [2.45, 2.75) is 13.0 Å². The number of hydrogen-bond acceptors (Lipinski definition) is 5. The van der Waals surface area contributed by atoms with E-state index in [9.17, 15) is 14.4 Å². The van der Waals surface area contributed by atoms with Crippen LogP contribution in [-0.2, 0) is 19.1 Å². The number of rotatable bonds is 4. The molecule has 1 N–H and O–H groups in total. The standard InChI is InChI=1S/C17H20BrN3O5/c1-11(17(24)20-4-6-25-7-5-20)19-15(22)9-21-13-3-2-12(18)8-14(13)26-10-16(21)23/h2-3,8,11H,4-7,9-10H2,1H3,(H,19,22). The largest absolute Gasteiger partial charge is 0.482 e. The first-order valence-corrected chi connectivity index (χ1v) is 9.13. The number of morpholine rings is 1. The van der Waals surface area contributed by atoms with E-state index >= 15 is 0 Å². The van der Waals surface area contributed by atoms with Crippen LogP contribution in [0.4, 0.5) is 5.69 Å². The van der Waals surface area contributed by atoms with E-state index in [2.05, 4.69) is 21.2 Å². The van der Waals surface area contributed by atoms with Crippen molar-refractivity contribution in [2.75, 3.05) is 44.4 Å². The van der Waals surface area contributed by atoms with E-state index in [0.717, 1.165) is 4.47 Å². The Morgan fingerprint density at radius 1 is 1.31 bits per heavy atom. The van der Waals surface area contributed by atoms with Gasteiger partial charge in [0.1, 0.15) is 18.3 Å². The Hall–Kier alpha value is -2.13. The fourth-order valence-corrected chi connectivity index (χ4v) is 3.24. The number of carbonyl (C=O) groups is 3. The molecule has 0 aliphatic carbocycles. The van der Waals surface area contributed by atoms with Gasteiger partial charge in [-0.05, 0) is 25.1 Å². The maximum Gasteiger partial charge on any atom is 0.265 e. The van der Waals surface area contributed by atoms with Crippen molar-refractivity contribution in [3.63, 3.8) is 0 Å². The van der Waals surface area contributed by atoms with E-state index in [0.29, 0.717) is 37.7 Å². The number of hydrogen-bond donors (Lipinski definition) is 1. The van der Waals surface area contributed by atoms with E-state index in [4.69, 9.17) is 9.47 Å². The van der Waals surface area contributed by atoms with Crippen LogP contribution in [0.5, 0.6) is 5.75 Å². The summed E-state index contributed by atoms with van der Waals surface area (Å²) in [6.07, 6.45) is 0. The smallest absolute Gasteiger partial charge is 0.265 e. The minimum atomic E-state index is -0.666. The topological polar surface area (TPSA) is 88.2 Å². The molecular formula is C17H20BrN3O5. The summed E-state index contributed by atoms with van der Waals surface area (Å²) in [5.41, 5.74) is 0.534. The molecule has 140 valence electrons. The predicted molar refractivity (Wildman–Crippen MR) is 97.0 cm³/mol. The van der Waals surface area contributed by atoms with Gasteiger partial charge in [-0.2, -0.15) is 0 Å². The van der Waals surface area contributed by atoms with Crippen molar-refractivity contribution < 1.29 is 23.9 Å². The van der Waals surface area contributed by atoms with Crippen molar-refractivity contribution in [3.05, 3.63) is 22.7 Å². The summed E-state index contributed by atoms with van der Waals surface area (Å²) in [5, 5.41) is 2.67. The van der Waals surface area contributed by atoms with Gasteiger partial charge in [-0.1, -0.05) is 15.9 Å². The molecule has 2 aliphatic heterocycles. The highest BCUT2D eigenvalue weighted by molar-refractivity contribution is 9.10. The zero-order valence-electron chi connectivity index (χ0n) is 14.4. The number of halogens is 1. The summed E-state index contributed by atoms with van der Waals surface area (Å²) in [4.78, 5) is 40.0. The molecule has 0 saturated carbocycles. The van der Waals surface area contributed by atoms with Gasteiger partial charge in [0, 0.05) is 17.6 Å². The molecule has 1 atom stereocenters. The summed E-state index contributed by atoms with van der Waals surface area (Å²) in [5.74, 6) is -0.325. The van der Waals surface area contributed by atoms with Crippen LogP contribution in [0, 0.1) is 0 Å². The van der Waals surface area contributed by atoms with Gasteiger partial charge in [0.15, 0.2) is 6.61 Å². The molecule has 1 fully saturated rings. The van der Waals surface area contributed by atoms with Crippen molar-refractivity contribution in [3.8, 4) is 5.75 Å². The van der Waals surface area contributed by atoms with Crippen LogP contribution in [0.2, 0.25) is 0 Å². The Balaban J connectivity index is 1.62. The number of benzene rings is 1. The van der Waals surface area contributed by atoms with Gasteiger partial charge in [0.05, 0.1) is 18.9 Å². The fraction of sp³-hybridized carbons (Fsp3) is 0.471. The second-order valence-corrected chi connectivity index (χ2v) is 7.02. The van der Waals surface area contributed by atoms with Gasteiger partial charge in [-0.25, -0.2) is 0 Å². The van der Waals surface area contributed by atoms with Crippen LogP contribution in [-0.4, -0.2) is 68.1 Å².